The van der Waals surface area contributed by atoms with Crippen molar-refractivity contribution in [2.24, 2.45) is 0 Å². The summed E-state index contributed by atoms with van der Waals surface area (Å²) in [6, 6.07) is 9.06. The van der Waals surface area contributed by atoms with Crippen LogP contribution in [0.4, 0.5) is 4.79 Å². The minimum atomic E-state index is -0.713. The zero-order chi connectivity index (χ0) is 17.5. The largest absolute Gasteiger partial charge is 0.444 e. The molecular weight excluding hydrogens is 296 g/mol. The monoisotopic (exact) mass is 322 g/mol. The van der Waals surface area contributed by atoms with Gasteiger partial charge in [0.1, 0.15) is 11.6 Å². The third-order valence-corrected chi connectivity index (χ3v) is 3.14. The van der Waals surface area contributed by atoms with E-state index < -0.39 is 17.7 Å². The van der Waals surface area contributed by atoms with E-state index in [1.54, 1.807) is 20.8 Å². The predicted molar refractivity (Wildman–Crippen MR) is 87.7 cm³/mol. The molecule has 1 rings (SSSR count). The van der Waals surface area contributed by atoms with Gasteiger partial charge < -0.3 is 10.1 Å². The van der Waals surface area contributed by atoms with E-state index in [2.05, 4.69) is 5.32 Å². The first kappa shape index (κ1) is 19.0. The van der Waals surface area contributed by atoms with Gasteiger partial charge in [0.15, 0.2) is 0 Å². The molecule has 128 valence electrons. The molecule has 0 aliphatic rings. The van der Waals surface area contributed by atoms with Crippen LogP contribution in [0, 0.1) is 0 Å². The molecule has 0 radical (unpaired) electrons. The molecule has 1 N–H and O–H groups in total. The van der Waals surface area contributed by atoms with Crippen molar-refractivity contribution in [2.75, 3.05) is 14.2 Å². The van der Waals surface area contributed by atoms with Crippen LogP contribution in [0.3, 0.4) is 0 Å². The number of carbonyl (C=O) groups excluding carboxylic acids is 2. The molecule has 0 heterocycles. The highest BCUT2D eigenvalue weighted by molar-refractivity contribution is 5.84. The molecule has 6 nitrogen and oxygen atoms in total. The van der Waals surface area contributed by atoms with Crippen LogP contribution in [-0.4, -0.2) is 42.9 Å². The Hall–Kier alpha value is -2.08. The number of carbonyl (C=O) groups is 2. The smallest absolute Gasteiger partial charge is 0.408 e. The Bertz CT molecular complexity index is 511. The molecule has 0 aliphatic carbocycles. The number of rotatable bonds is 6. The molecule has 1 atom stereocenters. The fraction of sp³-hybridized carbons (Fsp3) is 0.529. The number of alkyl carbamates (subject to hydrolysis) is 1. The van der Waals surface area contributed by atoms with Gasteiger partial charge in [-0.05, 0) is 39.2 Å². The summed E-state index contributed by atoms with van der Waals surface area (Å²) >= 11 is 0. The van der Waals surface area contributed by atoms with Crippen molar-refractivity contribution < 1.29 is 19.2 Å². The summed E-state index contributed by atoms with van der Waals surface area (Å²) < 4.78 is 5.22. The van der Waals surface area contributed by atoms with Crippen LogP contribution in [0.15, 0.2) is 30.3 Å². The van der Waals surface area contributed by atoms with Gasteiger partial charge in [0, 0.05) is 7.05 Å². The SMILES string of the molecule is CON(C)C(=O)[C@@H](CCc1ccccc1)NC(=O)OC(C)(C)C. The van der Waals surface area contributed by atoms with Gasteiger partial charge >= 0.3 is 6.09 Å². The van der Waals surface area contributed by atoms with Gasteiger partial charge in [0.05, 0.1) is 7.11 Å². The molecule has 0 unspecified atom stereocenters. The van der Waals surface area contributed by atoms with E-state index in [1.807, 2.05) is 30.3 Å². The Kier molecular flexibility index (Phi) is 7.03. The highest BCUT2D eigenvalue weighted by Crippen LogP contribution is 2.10. The lowest BCUT2D eigenvalue weighted by molar-refractivity contribution is -0.171. The molecule has 0 fully saturated rings. The number of hydroxylamine groups is 2. The van der Waals surface area contributed by atoms with Crippen LogP contribution in [0.2, 0.25) is 0 Å². The molecule has 2 amide bonds. The first-order valence-electron chi connectivity index (χ1n) is 7.58. The zero-order valence-corrected chi connectivity index (χ0v) is 14.5. The van der Waals surface area contributed by atoms with E-state index in [9.17, 15) is 9.59 Å². The Morgan fingerprint density at radius 2 is 1.83 bits per heavy atom. The molecule has 23 heavy (non-hydrogen) atoms. The molecule has 0 spiro atoms. The van der Waals surface area contributed by atoms with E-state index in [1.165, 1.54) is 14.2 Å². The summed E-state index contributed by atoms with van der Waals surface area (Å²) in [6.07, 6.45) is 0.494. The third-order valence-electron chi connectivity index (χ3n) is 3.14. The Morgan fingerprint density at radius 3 is 2.35 bits per heavy atom. The van der Waals surface area contributed by atoms with Crippen molar-refractivity contribution in [1.29, 1.82) is 0 Å². The van der Waals surface area contributed by atoms with Crippen molar-refractivity contribution in [3.05, 3.63) is 35.9 Å². The van der Waals surface area contributed by atoms with Crippen LogP contribution in [0.25, 0.3) is 0 Å². The number of hydrogen-bond acceptors (Lipinski definition) is 4. The van der Waals surface area contributed by atoms with Crippen molar-refractivity contribution in [3.8, 4) is 0 Å². The fourth-order valence-electron chi connectivity index (χ4n) is 1.97. The van der Waals surface area contributed by atoms with E-state index in [4.69, 9.17) is 9.57 Å². The maximum Gasteiger partial charge on any atom is 0.408 e. The quantitative estimate of drug-likeness (QED) is 0.817. The zero-order valence-electron chi connectivity index (χ0n) is 14.5. The normalized spacial score (nSPS) is 12.4. The van der Waals surface area contributed by atoms with Gasteiger partial charge in [0.25, 0.3) is 5.91 Å². The summed E-state index contributed by atoms with van der Waals surface area (Å²) in [6.45, 7) is 5.32. The topological polar surface area (TPSA) is 67.9 Å². The Morgan fingerprint density at radius 1 is 1.22 bits per heavy atom. The maximum absolute atomic E-state index is 12.3. The van der Waals surface area contributed by atoms with Crippen LogP contribution in [0.1, 0.15) is 32.8 Å². The lowest BCUT2D eigenvalue weighted by Crippen LogP contribution is -2.48. The van der Waals surface area contributed by atoms with E-state index in [0.29, 0.717) is 12.8 Å². The number of aryl methyl sites for hydroxylation is 1. The first-order chi connectivity index (χ1) is 10.7. The number of nitrogens with zero attached hydrogens (tertiary/aromatic N) is 1. The number of nitrogens with one attached hydrogen (secondary N) is 1. The van der Waals surface area contributed by atoms with Crippen LogP contribution in [0.5, 0.6) is 0 Å². The Balaban J connectivity index is 2.72. The van der Waals surface area contributed by atoms with Gasteiger partial charge in [0.2, 0.25) is 0 Å². The van der Waals surface area contributed by atoms with Crippen LogP contribution < -0.4 is 5.32 Å². The second-order valence-corrected chi connectivity index (χ2v) is 6.24. The molecule has 6 heteroatoms. The molecule has 0 bridgehead atoms. The van der Waals surface area contributed by atoms with Crippen molar-refractivity contribution >= 4 is 12.0 Å². The summed E-state index contributed by atoms with van der Waals surface area (Å²) in [5, 5.41) is 3.73. The van der Waals surface area contributed by atoms with E-state index >= 15 is 0 Å². The molecule has 0 aliphatic heterocycles. The number of ether oxygens (including phenoxy) is 1. The standard InChI is InChI=1S/C17H26N2O4/c1-17(2,3)23-16(21)18-14(15(20)19(4)22-5)12-11-13-9-7-6-8-10-13/h6-10,14H,11-12H2,1-5H3,(H,18,21)/t14-/m1/s1. The van der Waals surface area contributed by atoms with Gasteiger partial charge in [-0.25, -0.2) is 9.86 Å². The molecule has 0 aromatic heterocycles. The lowest BCUT2D eigenvalue weighted by Gasteiger charge is -2.25. The fourth-order valence-corrected chi connectivity index (χ4v) is 1.97. The number of amides is 2. The minimum absolute atomic E-state index is 0.325. The third kappa shape index (κ3) is 7.15. The minimum Gasteiger partial charge on any atom is -0.444 e. The van der Waals surface area contributed by atoms with Crippen molar-refractivity contribution in [3.63, 3.8) is 0 Å². The number of benzene rings is 1. The van der Waals surface area contributed by atoms with Crippen LogP contribution >= 0.6 is 0 Å². The highest BCUT2D eigenvalue weighted by Gasteiger charge is 2.26. The van der Waals surface area contributed by atoms with Gasteiger partial charge in [-0.15, -0.1) is 0 Å². The average Bonchev–Trinajstić information content (AvgIpc) is 2.49. The predicted octanol–water partition coefficient (Wildman–Crippen LogP) is 2.53. The van der Waals surface area contributed by atoms with Crippen LogP contribution in [-0.2, 0) is 20.8 Å². The first-order valence-corrected chi connectivity index (χ1v) is 7.58. The Labute approximate surface area is 137 Å². The summed E-state index contributed by atoms with van der Waals surface area (Å²) in [7, 11) is 2.91. The maximum atomic E-state index is 12.3. The molecule has 1 aromatic carbocycles. The van der Waals surface area contributed by atoms with Gasteiger partial charge in [-0.1, -0.05) is 30.3 Å². The summed E-state index contributed by atoms with van der Waals surface area (Å²) in [4.78, 5) is 29.2. The van der Waals surface area contributed by atoms with Gasteiger partial charge in [-0.3, -0.25) is 9.63 Å². The summed E-state index contributed by atoms with van der Waals surface area (Å²) in [5.41, 5.74) is 0.473. The molecular formula is C17H26N2O4. The highest BCUT2D eigenvalue weighted by atomic mass is 16.7. The molecule has 0 saturated carbocycles. The second-order valence-electron chi connectivity index (χ2n) is 6.24. The lowest BCUT2D eigenvalue weighted by atomic mass is 10.0. The average molecular weight is 322 g/mol. The van der Waals surface area contributed by atoms with E-state index in [-0.39, 0.29) is 5.91 Å². The summed E-state index contributed by atoms with van der Waals surface area (Å²) in [5.74, 6) is -0.325. The molecule has 0 saturated heterocycles. The second kappa shape index (κ2) is 8.53. The molecule has 1 aromatic rings. The van der Waals surface area contributed by atoms with Gasteiger partial charge in [-0.2, -0.15) is 0 Å². The van der Waals surface area contributed by atoms with Crippen molar-refractivity contribution in [1.82, 2.24) is 10.4 Å². The number of hydrogen-bond donors (Lipinski definition) is 1. The van der Waals surface area contributed by atoms with Crippen molar-refractivity contribution in [2.45, 2.75) is 45.3 Å². The number of likely N-dealkylation sites (N-methyl/N-ethyl adjacent to an activating group) is 1. The van der Waals surface area contributed by atoms with E-state index in [0.717, 1.165) is 10.6 Å².